The standard InChI is InChI=1S/C4H7NO5/c5-4(10,3(8)9)1-2(6)7/h10H,1,5H2,(H,6,7)(H,8,9). The summed E-state index contributed by atoms with van der Waals surface area (Å²) in [5.41, 5.74) is 1.97. The van der Waals surface area contributed by atoms with Gasteiger partial charge in [-0.15, -0.1) is 0 Å². The summed E-state index contributed by atoms with van der Waals surface area (Å²) in [5.74, 6) is -3.22. The van der Waals surface area contributed by atoms with Crippen LogP contribution in [0.15, 0.2) is 0 Å². The third-order valence-corrected chi connectivity index (χ3v) is 0.791. The van der Waals surface area contributed by atoms with Crippen molar-refractivity contribution in [3.63, 3.8) is 0 Å². The average molecular weight is 149 g/mol. The Morgan fingerprint density at radius 1 is 1.40 bits per heavy atom. The Balaban J connectivity index is 4.13. The first-order valence-corrected chi connectivity index (χ1v) is 2.32. The van der Waals surface area contributed by atoms with Crippen molar-refractivity contribution in [2.45, 2.75) is 12.1 Å². The molecule has 0 aromatic carbocycles. The minimum Gasteiger partial charge on any atom is -0.481 e. The first-order valence-electron chi connectivity index (χ1n) is 2.32. The SMILES string of the molecule is NC(O)(CC(=O)O)C(=O)O. The van der Waals surface area contributed by atoms with E-state index in [1.807, 2.05) is 0 Å². The van der Waals surface area contributed by atoms with E-state index in [1.54, 1.807) is 0 Å². The Morgan fingerprint density at radius 3 is 1.90 bits per heavy atom. The molecular formula is C4H7NO5. The zero-order valence-corrected chi connectivity index (χ0v) is 4.94. The normalized spacial score (nSPS) is 15.8. The van der Waals surface area contributed by atoms with E-state index in [1.165, 1.54) is 0 Å². The third kappa shape index (κ3) is 2.42. The molecule has 0 aromatic heterocycles. The molecule has 0 saturated carbocycles. The molecule has 0 aliphatic heterocycles. The van der Waals surface area contributed by atoms with Crippen molar-refractivity contribution in [1.82, 2.24) is 0 Å². The molecule has 0 aliphatic carbocycles. The van der Waals surface area contributed by atoms with Crippen molar-refractivity contribution in [2.75, 3.05) is 0 Å². The number of hydrogen-bond acceptors (Lipinski definition) is 4. The summed E-state index contributed by atoms with van der Waals surface area (Å²) < 4.78 is 0. The number of hydrogen-bond donors (Lipinski definition) is 4. The van der Waals surface area contributed by atoms with E-state index in [0.717, 1.165) is 0 Å². The summed E-state index contributed by atoms with van der Waals surface area (Å²) in [4.78, 5) is 19.7. The van der Waals surface area contributed by atoms with Gasteiger partial charge in [0.15, 0.2) is 0 Å². The van der Waals surface area contributed by atoms with Crippen molar-refractivity contribution >= 4 is 11.9 Å². The van der Waals surface area contributed by atoms with E-state index in [9.17, 15) is 9.59 Å². The molecule has 58 valence electrons. The third-order valence-electron chi connectivity index (χ3n) is 0.791. The molecule has 6 nitrogen and oxygen atoms in total. The van der Waals surface area contributed by atoms with Crippen LogP contribution >= 0.6 is 0 Å². The van der Waals surface area contributed by atoms with Gasteiger partial charge in [0.2, 0.25) is 5.72 Å². The van der Waals surface area contributed by atoms with Crippen molar-refractivity contribution in [1.29, 1.82) is 0 Å². The van der Waals surface area contributed by atoms with Crippen LogP contribution in [0.1, 0.15) is 6.42 Å². The molecule has 0 saturated heterocycles. The summed E-state index contributed by atoms with van der Waals surface area (Å²) in [7, 11) is 0. The molecule has 0 fully saturated rings. The highest BCUT2D eigenvalue weighted by Crippen LogP contribution is 2.00. The monoisotopic (exact) mass is 149 g/mol. The first kappa shape index (κ1) is 8.86. The second kappa shape index (κ2) is 2.63. The second-order valence-electron chi connectivity index (χ2n) is 1.80. The molecule has 0 aromatic rings. The van der Waals surface area contributed by atoms with Gasteiger partial charge in [0.05, 0.1) is 6.42 Å². The Labute approximate surface area is 55.9 Å². The van der Waals surface area contributed by atoms with Crippen LogP contribution in [0.2, 0.25) is 0 Å². The number of carboxylic acid groups (broad SMARTS) is 2. The molecule has 0 radical (unpaired) electrons. The van der Waals surface area contributed by atoms with Gasteiger partial charge in [-0.3, -0.25) is 10.5 Å². The lowest BCUT2D eigenvalue weighted by Crippen LogP contribution is -2.49. The van der Waals surface area contributed by atoms with Crippen molar-refractivity contribution in [3.8, 4) is 0 Å². The van der Waals surface area contributed by atoms with E-state index < -0.39 is 24.1 Å². The highest BCUT2D eigenvalue weighted by atomic mass is 16.4. The van der Waals surface area contributed by atoms with Gasteiger partial charge >= 0.3 is 11.9 Å². The molecule has 0 rings (SSSR count). The number of aliphatic carboxylic acids is 2. The highest BCUT2D eigenvalue weighted by Gasteiger charge is 2.33. The van der Waals surface area contributed by atoms with Crippen LogP contribution in [0.5, 0.6) is 0 Å². The number of rotatable bonds is 3. The molecule has 0 heterocycles. The molecule has 0 bridgehead atoms. The van der Waals surface area contributed by atoms with Gasteiger partial charge in [-0.2, -0.15) is 0 Å². The summed E-state index contributed by atoms with van der Waals surface area (Å²) >= 11 is 0. The fraction of sp³-hybridized carbons (Fsp3) is 0.500. The van der Waals surface area contributed by atoms with Crippen LogP contribution in [0.3, 0.4) is 0 Å². The molecule has 0 amide bonds. The molecule has 10 heavy (non-hydrogen) atoms. The molecule has 6 heteroatoms. The number of nitrogens with two attached hydrogens (primary N) is 1. The van der Waals surface area contributed by atoms with Crippen LogP contribution in [0.4, 0.5) is 0 Å². The zero-order chi connectivity index (χ0) is 8.36. The van der Waals surface area contributed by atoms with Crippen LogP contribution < -0.4 is 5.73 Å². The lowest BCUT2D eigenvalue weighted by molar-refractivity contribution is -0.164. The van der Waals surface area contributed by atoms with Gasteiger partial charge in [-0.05, 0) is 0 Å². The molecule has 0 spiro atoms. The van der Waals surface area contributed by atoms with Gasteiger partial charge in [-0.25, -0.2) is 4.79 Å². The Morgan fingerprint density at radius 2 is 1.80 bits per heavy atom. The Hall–Kier alpha value is -1.14. The minimum absolute atomic E-state index is 1.01. The number of aliphatic hydroxyl groups is 1. The molecule has 5 N–H and O–H groups in total. The summed E-state index contributed by atoms with van der Waals surface area (Å²) in [6.45, 7) is 0. The maximum atomic E-state index is 9.92. The highest BCUT2D eigenvalue weighted by molar-refractivity contribution is 5.82. The maximum absolute atomic E-state index is 9.92. The fourth-order valence-corrected chi connectivity index (χ4v) is 0.306. The quantitative estimate of drug-likeness (QED) is 0.351. The lowest BCUT2D eigenvalue weighted by atomic mass is 10.2. The van der Waals surface area contributed by atoms with Crippen molar-refractivity contribution in [2.24, 2.45) is 5.73 Å². The predicted octanol–water partition coefficient (Wildman–Crippen LogP) is -1.81. The van der Waals surface area contributed by atoms with Gasteiger partial charge in [0.25, 0.3) is 0 Å². The Kier molecular flexibility index (Phi) is 2.33. The van der Waals surface area contributed by atoms with Gasteiger partial charge in [0.1, 0.15) is 0 Å². The lowest BCUT2D eigenvalue weighted by Gasteiger charge is -2.13. The van der Waals surface area contributed by atoms with Crippen LogP contribution in [0.25, 0.3) is 0 Å². The van der Waals surface area contributed by atoms with Gasteiger partial charge in [0, 0.05) is 0 Å². The van der Waals surface area contributed by atoms with Gasteiger partial charge in [-0.1, -0.05) is 0 Å². The van der Waals surface area contributed by atoms with Crippen LogP contribution in [-0.2, 0) is 9.59 Å². The Bertz CT molecular complexity index is 163. The first-order chi connectivity index (χ1) is 4.36. The zero-order valence-electron chi connectivity index (χ0n) is 4.94. The van der Waals surface area contributed by atoms with E-state index >= 15 is 0 Å². The predicted molar refractivity (Wildman–Crippen MR) is 29.0 cm³/mol. The molecule has 1 unspecified atom stereocenters. The fourth-order valence-electron chi connectivity index (χ4n) is 0.306. The van der Waals surface area contributed by atoms with Crippen LogP contribution in [0, 0.1) is 0 Å². The summed E-state index contributed by atoms with van der Waals surface area (Å²) in [6, 6.07) is 0. The smallest absolute Gasteiger partial charge is 0.351 e. The average Bonchev–Trinajstić information content (AvgIpc) is 1.60. The topological polar surface area (TPSA) is 121 Å². The number of carbonyl (C=O) groups is 2. The minimum atomic E-state index is -2.66. The molecule has 0 aliphatic rings. The van der Waals surface area contributed by atoms with Crippen molar-refractivity contribution < 1.29 is 24.9 Å². The largest absolute Gasteiger partial charge is 0.481 e. The van der Waals surface area contributed by atoms with E-state index in [-0.39, 0.29) is 0 Å². The summed E-state index contributed by atoms with van der Waals surface area (Å²) in [5, 5.41) is 24.6. The van der Waals surface area contributed by atoms with E-state index in [0.29, 0.717) is 0 Å². The second-order valence-corrected chi connectivity index (χ2v) is 1.80. The van der Waals surface area contributed by atoms with Crippen LogP contribution in [-0.4, -0.2) is 33.0 Å². The van der Waals surface area contributed by atoms with Crippen molar-refractivity contribution in [3.05, 3.63) is 0 Å². The molecular weight excluding hydrogens is 142 g/mol. The number of carboxylic acids is 2. The van der Waals surface area contributed by atoms with Gasteiger partial charge < -0.3 is 15.3 Å². The maximum Gasteiger partial charge on any atom is 0.351 e. The van der Waals surface area contributed by atoms with E-state index in [4.69, 9.17) is 15.3 Å². The molecule has 1 atom stereocenters. The van der Waals surface area contributed by atoms with E-state index in [2.05, 4.69) is 5.73 Å². The summed E-state index contributed by atoms with van der Waals surface area (Å²) in [6.07, 6.45) is -1.01.